The number of nitrogens with zero attached hydrogens (tertiary/aromatic N) is 1. The van der Waals surface area contributed by atoms with Crippen LogP contribution in [0.25, 0.3) is 0 Å². The first kappa shape index (κ1) is 15.2. The molecule has 1 aromatic carbocycles. The molecule has 3 heteroatoms. The predicted molar refractivity (Wildman–Crippen MR) is 78.3 cm³/mol. The Labute approximate surface area is 115 Å². The van der Waals surface area contributed by atoms with Crippen LogP contribution in [0.3, 0.4) is 0 Å². The summed E-state index contributed by atoms with van der Waals surface area (Å²) >= 11 is 0. The van der Waals surface area contributed by atoms with E-state index < -0.39 is 0 Å². The van der Waals surface area contributed by atoms with E-state index in [1.54, 1.807) is 0 Å². The van der Waals surface area contributed by atoms with Crippen molar-refractivity contribution < 1.29 is 9.63 Å². The summed E-state index contributed by atoms with van der Waals surface area (Å²) in [6.45, 7) is 10.5. The topological polar surface area (TPSA) is 38.7 Å². The van der Waals surface area contributed by atoms with Crippen LogP contribution in [-0.2, 0) is 15.0 Å². The Morgan fingerprint density at radius 1 is 1.32 bits per heavy atom. The molecule has 0 atom stereocenters. The molecule has 0 aromatic heterocycles. The first-order chi connectivity index (χ1) is 8.99. The van der Waals surface area contributed by atoms with Gasteiger partial charge in [-0.15, -0.1) is 6.58 Å². The molecule has 0 N–H and O–H groups in total. The monoisotopic (exact) mass is 259 g/mol. The molecular weight excluding hydrogens is 238 g/mol. The molecule has 0 aliphatic heterocycles. The smallest absolute Gasteiger partial charge is 0.321 e. The molecular formula is C16H21NO2. The molecule has 102 valence electrons. The Balaban J connectivity index is 2.96. The minimum Gasteiger partial charge on any atom is -0.321 e. The maximum absolute atomic E-state index is 10.3. The van der Waals surface area contributed by atoms with Crippen molar-refractivity contribution in [3.8, 4) is 0 Å². The molecule has 19 heavy (non-hydrogen) atoms. The lowest BCUT2D eigenvalue weighted by molar-refractivity contribution is -0.128. The number of rotatable bonds is 6. The average Bonchev–Trinajstić information content (AvgIpc) is 2.38. The van der Waals surface area contributed by atoms with Gasteiger partial charge in [0.1, 0.15) is 0 Å². The second-order valence-corrected chi connectivity index (χ2v) is 5.39. The molecule has 1 rings (SSSR count). The Hall–Kier alpha value is -1.90. The van der Waals surface area contributed by atoms with Crippen molar-refractivity contribution in [1.82, 2.24) is 0 Å². The second kappa shape index (κ2) is 6.88. The van der Waals surface area contributed by atoms with E-state index in [2.05, 4.69) is 49.5 Å². The molecule has 0 saturated heterocycles. The second-order valence-electron chi connectivity index (χ2n) is 5.39. The van der Waals surface area contributed by atoms with Crippen LogP contribution in [-0.4, -0.2) is 12.2 Å². The fourth-order valence-electron chi connectivity index (χ4n) is 1.73. The molecule has 0 unspecified atom stereocenters. The zero-order chi connectivity index (χ0) is 14.3. The minimum absolute atomic E-state index is 0.121. The highest BCUT2D eigenvalue weighted by atomic mass is 16.7. The summed E-state index contributed by atoms with van der Waals surface area (Å²) < 4.78 is 0. The van der Waals surface area contributed by atoms with Crippen molar-refractivity contribution in [1.29, 1.82) is 0 Å². The fraction of sp³-hybridized carbons (Fsp3) is 0.375. The maximum Gasteiger partial charge on any atom is 0.323 e. The van der Waals surface area contributed by atoms with Gasteiger partial charge in [-0.3, -0.25) is 4.79 Å². The number of allylic oxidation sites excluding steroid dienone is 1. The lowest BCUT2D eigenvalue weighted by Gasteiger charge is -2.19. The van der Waals surface area contributed by atoms with Gasteiger partial charge in [-0.25, -0.2) is 0 Å². The van der Waals surface area contributed by atoms with Crippen LogP contribution in [0.15, 0.2) is 42.1 Å². The van der Waals surface area contributed by atoms with Gasteiger partial charge in [-0.2, -0.15) is 0 Å². The Kier molecular flexibility index (Phi) is 5.49. The van der Waals surface area contributed by atoms with Crippen molar-refractivity contribution in [3.63, 3.8) is 0 Å². The number of carbonyl (C=O) groups excluding carboxylic acids is 1. The van der Waals surface area contributed by atoms with Gasteiger partial charge in [0.2, 0.25) is 0 Å². The molecule has 3 nitrogen and oxygen atoms in total. The van der Waals surface area contributed by atoms with E-state index >= 15 is 0 Å². The van der Waals surface area contributed by atoms with Crippen LogP contribution < -0.4 is 0 Å². The van der Waals surface area contributed by atoms with Crippen LogP contribution in [0.4, 0.5) is 0 Å². The normalized spacial score (nSPS) is 12.1. The summed E-state index contributed by atoms with van der Waals surface area (Å²) in [7, 11) is 0. The van der Waals surface area contributed by atoms with E-state index in [0.29, 0.717) is 12.9 Å². The van der Waals surface area contributed by atoms with Gasteiger partial charge in [-0.1, -0.05) is 56.3 Å². The average molecular weight is 259 g/mol. The van der Waals surface area contributed by atoms with E-state index in [0.717, 1.165) is 17.7 Å². The highest BCUT2D eigenvalue weighted by molar-refractivity contribution is 6.00. The number of hydrogen-bond acceptors (Lipinski definition) is 3. The summed E-state index contributed by atoms with van der Waals surface area (Å²) in [5, 5.41) is 3.84. The van der Waals surface area contributed by atoms with Crippen molar-refractivity contribution in [2.45, 2.75) is 39.0 Å². The van der Waals surface area contributed by atoms with Crippen LogP contribution in [0.2, 0.25) is 0 Å². The van der Waals surface area contributed by atoms with Gasteiger partial charge in [-0.05, 0) is 29.4 Å². The molecule has 0 fully saturated rings. The van der Waals surface area contributed by atoms with E-state index in [9.17, 15) is 4.79 Å². The third-order valence-corrected chi connectivity index (χ3v) is 2.88. The van der Waals surface area contributed by atoms with Gasteiger partial charge in [0.15, 0.2) is 0 Å². The molecule has 0 aliphatic carbocycles. The van der Waals surface area contributed by atoms with E-state index in [1.165, 1.54) is 5.56 Å². The van der Waals surface area contributed by atoms with Crippen LogP contribution in [0.5, 0.6) is 0 Å². The molecule has 0 radical (unpaired) electrons. The summed E-state index contributed by atoms with van der Waals surface area (Å²) in [6.07, 6.45) is 3.31. The standard InChI is InChI=1S/C16H21NO2/c1-5-6-7-15(17-19-12-18)13-8-10-14(11-9-13)16(2,3)4/h5,8-12H,1,6-7H2,2-4H3. The molecule has 1 aromatic rings. The lowest BCUT2D eigenvalue weighted by Crippen LogP contribution is -2.11. The van der Waals surface area contributed by atoms with E-state index in [1.807, 2.05) is 18.2 Å². The first-order valence-corrected chi connectivity index (χ1v) is 6.37. The van der Waals surface area contributed by atoms with Crippen LogP contribution in [0.1, 0.15) is 44.7 Å². The minimum atomic E-state index is 0.121. The summed E-state index contributed by atoms with van der Waals surface area (Å²) in [5.41, 5.74) is 3.11. The SMILES string of the molecule is C=CCCC(=NOC=O)c1ccc(C(C)(C)C)cc1. The highest BCUT2D eigenvalue weighted by Crippen LogP contribution is 2.22. The lowest BCUT2D eigenvalue weighted by atomic mass is 9.86. The molecule has 0 spiro atoms. The van der Waals surface area contributed by atoms with Crippen molar-refractivity contribution in [2.24, 2.45) is 5.16 Å². The first-order valence-electron chi connectivity index (χ1n) is 6.37. The molecule has 0 amide bonds. The van der Waals surface area contributed by atoms with Crippen LogP contribution in [0, 0.1) is 0 Å². The quantitative estimate of drug-likeness (QED) is 0.256. The molecule has 0 bridgehead atoms. The number of hydrogen-bond donors (Lipinski definition) is 0. The largest absolute Gasteiger partial charge is 0.323 e. The number of carbonyl (C=O) groups is 1. The summed E-state index contributed by atoms with van der Waals surface area (Å²) in [5.74, 6) is 0. The van der Waals surface area contributed by atoms with Crippen molar-refractivity contribution in [2.75, 3.05) is 0 Å². The van der Waals surface area contributed by atoms with Gasteiger partial charge in [0, 0.05) is 0 Å². The molecule has 0 aliphatic rings. The predicted octanol–water partition coefficient (Wildman–Crippen LogP) is 3.83. The van der Waals surface area contributed by atoms with Crippen LogP contribution >= 0.6 is 0 Å². The number of benzene rings is 1. The summed E-state index contributed by atoms with van der Waals surface area (Å²) in [6, 6.07) is 8.19. The zero-order valence-electron chi connectivity index (χ0n) is 11.8. The van der Waals surface area contributed by atoms with Crippen molar-refractivity contribution >= 4 is 12.2 Å². The Bertz CT molecular complexity index is 453. The van der Waals surface area contributed by atoms with Gasteiger partial charge in [0.25, 0.3) is 0 Å². The van der Waals surface area contributed by atoms with Crippen molar-refractivity contribution in [3.05, 3.63) is 48.0 Å². The van der Waals surface area contributed by atoms with Gasteiger partial charge < -0.3 is 4.84 Å². The Morgan fingerprint density at radius 3 is 2.42 bits per heavy atom. The van der Waals surface area contributed by atoms with E-state index in [-0.39, 0.29) is 5.41 Å². The third-order valence-electron chi connectivity index (χ3n) is 2.88. The molecule has 0 saturated carbocycles. The van der Waals surface area contributed by atoms with Gasteiger partial charge >= 0.3 is 6.47 Å². The Morgan fingerprint density at radius 2 is 1.95 bits per heavy atom. The highest BCUT2D eigenvalue weighted by Gasteiger charge is 2.13. The maximum atomic E-state index is 10.3. The zero-order valence-corrected chi connectivity index (χ0v) is 11.8. The van der Waals surface area contributed by atoms with Gasteiger partial charge in [0.05, 0.1) is 5.71 Å². The summed E-state index contributed by atoms with van der Waals surface area (Å²) in [4.78, 5) is 14.8. The number of oxime groups is 1. The van der Waals surface area contributed by atoms with E-state index in [4.69, 9.17) is 0 Å². The fourth-order valence-corrected chi connectivity index (χ4v) is 1.73. The third kappa shape index (κ3) is 4.70. The molecule has 0 heterocycles.